The number of aromatic nitrogens is 2. The largest absolute Gasteiger partial charge is 0.338 e. The van der Waals surface area contributed by atoms with E-state index in [1.54, 1.807) is 0 Å². The van der Waals surface area contributed by atoms with Gasteiger partial charge in [-0.05, 0) is 48.7 Å². The highest BCUT2D eigenvalue weighted by Gasteiger charge is 2.14. The van der Waals surface area contributed by atoms with Crippen LogP contribution < -0.4 is 0 Å². The number of para-hydroxylation sites is 2. The minimum atomic E-state index is 0. The van der Waals surface area contributed by atoms with Gasteiger partial charge in [0.1, 0.15) is 5.82 Å². The maximum Gasteiger partial charge on any atom is 0.167 e. The van der Waals surface area contributed by atoms with Crippen LogP contribution in [0.4, 0.5) is 0 Å². The monoisotopic (exact) mass is 356 g/mol. The van der Waals surface area contributed by atoms with E-state index < -0.39 is 0 Å². The second-order valence-corrected chi connectivity index (χ2v) is 6.66. The summed E-state index contributed by atoms with van der Waals surface area (Å²) >= 11 is 0. The van der Waals surface area contributed by atoms with E-state index in [9.17, 15) is 4.79 Å². The Labute approximate surface area is 160 Å². The number of fused-ring (bicyclic) bond motifs is 1. The number of nitrogens with one attached hydrogen (secondary N) is 1. The third kappa shape index (κ3) is 3.68. The van der Waals surface area contributed by atoms with Crippen LogP contribution in [0.1, 0.15) is 34.5 Å². The summed E-state index contributed by atoms with van der Waals surface area (Å²) in [6.45, 7) is 4.09. The predicted octanol–water partition coefficient (Wildman–Crippen LogP) is 5.91. The van der Waals surface area contributed by atoms with Gasteiger partial charge in [0.15, 0.2) is 5.78 Å². The molecule has 3 aromatic carbocycles. The van der Waals surface area contributed by atoms with Gasteiger partial charge < -0.3 is 4.98 Å². The Bertz CT molecular complexity index is 1080. The molecule has 3 heteroatoms. The molecule has 0 amide bonds. The van der Waals surface area contributed by atoms with Gasteiger partial charge in [-0.2, -0.15) is 0 Å². The maximum absolute atomic E-state index is 12.8. The molecule has 0 aliphatic carbocycles. The van der Waals surface area contributed by atoms with E-state index in [1.165, 1.54) is 5.56 Å². The topological polar surface area (TPSA) is 45.8 Å². The van der Waals surface area contributed by atoms with E-state index in [0.29, 0.717) is 6.42 Å². The average Bonchev–Trinajstić information content (AvgIpc) is 3.08. The third-order valence-electron chi connectivity index (χ3n) is 4.84. The predicted molar refractivity (Wildman–Crippen MR) is 112 cm³/mol. The molecule has 3 nitrogen and oxygen atoms in total. The molecule has 27 heavy (non-hydrogen) atoms. The van der Waals surface area contributed by atoms with Gasteiger partial charge in [0.25, 0.3) is 0 Å². The molecule has 0 aliphatic heterocycles. The molecule has 1 N–H and O–H groups in total. The van der Waals surface area contributed by atoms with Crippen LogP contribution in [0.2, 0.25) is 0 Å². The fourth-order valence-electron chi connectivity index (χ4n) is 3.18. The normalized spacial score (nSPS) is 10.6. The summed E-state index contributed by atoms with van der Waals surface area (Å²) in [5, 5.41) is 0. The molecule has 0 aliphatic rings. The zero-order valence-electron chi connectivity index (χ0n) is 14.9. The Balaban J connectivity index is 0.00000210. The zero-order chi connectivity index (χ0) is 18.1. The molecule has 0 bridgehead atoms. The summed E-state index contributed by atoms with van der Waals surface area (Å²) in [5.41, 5.74) is 6.98. The Morgan fingerprint density at radius 2 is 1.67 bits per heavy atom. The summed E-state index contributed by atoms with van der Waals surface area (Å²) in [5.74, 6) is 0.923. The standard InChI is InChI=1S/C23H20N2O.CH4/c1-15-11-12-18(13-16(15)2)22(26)14-17-7-3-4-8-19(17)23-24-20-9-5-6-10-21(20)25-23;/h3-13H,14H2,1-2H3,(H,24,25);1H4. The summed E-state index contributed by atoms with van der Waals surface area (Å²) in [4.78, 5) is 20.8. The first-order chi connectivity index (χ1) is 12.6. The van der Waals surface area contributed by atoms with Crippen LogP contribution in [-0.2, 0) is 6.42 Å². The Kier molecular flexibility index (Phi) is 5.22. The molecular weight excluding hydrogens is 332 g/mol. The van der Waals surface area contributed by atoms with Crippen molar-refractivity contribution in [3.8, 4) is 11.4 Å². The molecule has 0 saturated carbocycles. The van der Waals surface area contributed by atoms with Crippen molar-refractivity contribution in [2.24, 2.45) is 0 Å². The van der Waals surface area contributed by atoms with Gasteiger partial charge in [0.2, 0.25) is 0 Å². The number of carbonyl (C=O) groups is 1. The van der Waals surface area contributed by atoms with E-state index in [2.05, 4.69) is 16.9 Å². The molecule has 0 fully saturated rings. The molecular formula is C24H24N2O. The highest BCUT2D eigenvalue weighted by atomic mass is 16.1. The van der Waals surface area contributed by atoms with Gasteiger partial charge in [-0.1, -0.05) is 56.0 Å². The Morgan fingerprint density at radius 3 is 2.44 bits per heavy atom. The lowest BCUT2D eigenvalue weighted by atomic mass is 9.96. The lowest BCUT2D eigenvalue weighted by Gasteiger charge is -2.08. The van der Waals surface area contributed by atoms with Crippen LogP contribution in [0, 0.1) is 13.8 Å². The van der Waals surface area contributed by atoms with E-state index in [0.717, 1.165) is 39.1 Å². The van der Waals surface area contributed by atoms with Crippen molar-refractivity contribution in [1.82, 2.24) is 9.97 Å². The van der Waals surface area contributed by atoms with Crippen molar-refractivity contribution >= 4 is 16.8 Å². The van der Waals surface area contributed by atoms with Crippen molar-refractivity contribution < 1.29 is 4.79 Å². The van der Waals surface area contributed by atoms with Gasteiger partial charge in [-0.25, -0.2) is 4.98 Å². The summed E-state index contributed by atoms with van der Waals surface area (Å²) in [6.07, 6.45) is 0.357. The van der Waals surface area contributed by atoms with Gasteiger partial charge in [-0.3, -0.25) is 4.79 Å². The fraction of sp³-hybridized carbons (Fsp3) is 0.167. The Morgan fingerprint density at radius 1 is 0.926 bits per heavy atom. The van der Waals surface area contributed by atoms with Crippen LogP contribution in [0.15, 0.2) is 66.7 Å². The van der Waals surface area contributed by atoms with Crippen molar-refractivity contribution in [2.45, 2.75) is 27.7 Å². The van der Waals surface area contributed by atoms with Crippen molar-refractivity contribution in [1.29, 1.82) is 0 Å². The van der Waals surface area contributed by atoms with Gasteiger partial charge in [0.05, 0.1) is 11.0 Å². The number of aromatic amines is 1. The van der Waals surface area contributed by atoms with Gasteiger partial charge in [-0.15, -0.1) is 0 Å². The molecule has 1 aromatic heterocycles. The average molecular weight is 356 g/mol. The van der Waals surface area contributed by atoms with Crippen molar-refractivity contribution in [3.63, 3.8) is 0 Å². The minimum Gasteiger partial charge on any atom is -0.338 e. The first kappa shape index (κ1) is 18.6. The van der Waals surface area contributed by atoms with Crippen molar-refractivity contribution in [3.05, 3.63) is 89.0 Å². The van der Waals surface area contributed by atoms with E-state index in [1.807, 2.05) is 73.7 Å². The van der Waals surface area contributed by atoms with Crippen LogP contribution >= 0.6 is 0 Å². The fourth-order valence-corrected chi connectivity index (χ4v) is 3.18. The highest BCUT2D eigenvalue weighted by molar-refractivity contribution is 5.98. The van der Waals surface area contributed by atoms with E-state index in [-0.39, 0.29) is 13.2 Å². The smallest absolute Gasteiger partial charge is 0.167 e. The lowest BCUT2D eigenvalue weighted by Crippen LogP contribution is -2.05. The second-order valence-electron chi connectivity index (χ2n) is 6.66. The first-order valence-corrected chi connectivity index (χ1v) is 8.75. The molecule has 0 spiro atoms. The molecule has 0 unspecified atom stereocenters. The van der Waals surface area contributed by atoms with Crippen LogP contribution in [0.3, 0.4) is 0 Å². The van der Waals surface area contributed by atoms with E-state index in [4.69, 9.17) is 0 Å². The molecule has 0 saturated heterocycles. The number of ketones is 1. The molecule has 0 atom stereocenters. The van der Waals surface area contributed by atoms with Crippen LogP contribution in [0.25, 0.3) is 22.4 Å². The molecule has 136 valence electrons. The Hall–Kier alpha value is -3.20. The van der Waals surface area contributed by atoms with Crippen LogP contribution in [0.5, 0.6) is 0 Å². The third-order valence-corrected chi connectivity index (χ3v) is 4.84. The number of imidazole rings is 1. The maximum atomic E-state index is 12.8. The highest BCUT2D eigenvalue weighted by Crippen LogP contribution is 2.25. The first-order valence-electron chi connectivity index (χ1n) is 8.75. The number of Topliss-reactive ketones (excluding diaryl/α,β-unsaturated/α-hetero) is 1. The second kappa shape index (κ2) is 7.58. The van der Waals surface area contributed by atoms with E-state index >= 15 is 0 Å². The molecule has 4 rings (SSSR count). The quantitative estimate of drug-likeness (QED) is 0.462. The van der Waals surface area contributed by atoms with Crippen LogP contribution in [-0.4, -0.2) is 15.8 Å². The number of hydrogen-bond donors (Lipinski definition) is 1. The number of nitrogens with zero attached hydrogens (tertiary/aromatic N) is 1. The SMILES string of the molecule is C.Cc1ccc(C(=O)Cc2ccccc2-c2nc3ccccc3[nH]2)cc1C. The number of aryl methyl sites for hydroxylation is 2. The molecule has 0 radical (unpaired) electrons. The number of hydrogen-bond acceptors (Lipinski definition) is 2. The van der Waals surface area contributed by atoms with Gasteiger partial charge in [0, 0.05) is 17.5 Å². The molecule has 4 aromatic rings. The summed E-state index contributed by atoms with van der Waals surface area (Å²) < 4.78 is 0. The number of rotatable bonds is 4. The number of H-pyrrole nitrogens is 1. The summed E-state index contributed by atoms with van der Waals surface area (Å²) in [7, 11) is 0. The minimum absolute atomic E-state index is 0. The molecule has 1 heterocycles. The zero-order valence-corrected chi connectivity index (χ0v) is 14.9. The van der Waals surface area contributed by atoms with Crippen molar-refractivity contribution in [2.75, 3.05) is 0 Å². The summed E-state index contributed by atoms with van der Waals surface area (Å²) in [6, 6.07) is 21.8. The number of benzene rings is 3. The van der Waals surface area contributed by atoms with Gasteiger partial charge >= 0.3 is 0 Å². The lowest BCUT2D eigenvalue weighted by molar-refractivity contribution is 0.0993. The number of carbonyl (C=O) groups excluding carboxylic acids is 1.